The van der Waals surface area contributed by atoms with Gasteiger partial charge in [0.25, 0.3) is 11.8 Å². The summed E-state index contributed by atoms with van der Waals surface area (Å²) in [7, 11) is 0. The summed E-state index contributed by atoms with van der Waals surface area (Å²) < 4.78 is 10.8. The SMILES string of the molecule is CCOc1ccc(N2C(=O)CC(Sc3ccc(NC(=O)/C(=C/c4ccco4)NC(=O)c4ccccc4)cc3)C2=O)cc1. The molecule has 1 aliphatic rings. The number of amides is 4. The highest BCUT2D eigenvalue weighted by Gasteiger charge is 2.40. The molecule has 2 N–H and O–H groups in total. The monoisotopic (exact) mass is 581 g/mol. The third kappa shape index (κ3) is 6.79. The number of thioether (sulfide) groups is 1. The van der Waals surface area contributed by atoms with Crippen molar-refractivity contribution in [3.8, 4) is 5.75 Å². The fourth-order valence-electron chi connectivity index (χ4n) is 4.26. The molecule has 5 rings (SSSR count). The van der Waals surface area contributed by atoms with Crippen LogP contribution in [0.2, 0.25) is 0 Å². The van der Waals surface area contributed by atoms with E-state index >= 15 is 0 Å². The lowest BCUT2D eigenvalue weighted by atomic mass is 10.2. The highest BCUT2D eigenvalue weighted by molar-refractivity contribution is 8.00. The number of benzene rings is 3. The smallest absolute Gasteiger partial charge is 0.272 e. The maximum atomic E-state index is 13.1. The maximum Gasteiger partial charge on any atom is 0.272 e. The Morgan fingerprint density at radius 3 is 2.38 bits per heavy atom. The number of ether oxygens (including phenoxy) is 1. The molecule has 1 atom stereocenters. The number of hydrogen-bond donors (Lipinski definition) is 2. The lowest BCUT2D eigenvalue weighted by molar-refractivity contribution is -0.121. The summed E-state index contributed by atoms with van der Waals surface area (Å²) >= 11 is 1.29. The second kappa shape index (κ2) is 13.0. The molecule has 1 aliphatic heterocycles. The summed E-state index contributed by atoms with van der Waals surface area (Å²) in [6, 6.07) is 25.7. The van der Waals surface area contributed by atoms with Crippen molar-refractivity contribution >= 4 is 52.8 Å². The summed E-state index contributed by atoms with van der Waals surface area (Å²) in [5.74, 6) is -0.465. The van der Waals surface area contributed by atoms with E-state index in [1.165, 1.54) is 29.0 Å². The van der Waals surface area contributed by atoms with E-state index in [4.69, 9.17) is 9.15 Å². The largest absolute Gasteiger partial charge is 0.494 e. The first-order valence-corrected chi connectivity index (χ1v) is 14.1. The van der Waals surface area contributed by atoms with Gasteiger partial charge in [-0.15, -0.1) is 11.8 Å². The minimum Gasteiger partial charge on any atom is -0.494 e. The van der Waals surface area contributed by atoms with Crippen molar-refractivity contribution in [3.63, 3.8) is 0 Å². The van der Waals surface area contributed by atoms with Crippen molar-refractivity contribution in [2.24, 2.45) is 0 Å². The van der Waals surface area contributed by atoms with Crippen LogP contribution in [0.15, 0.2) is 112 Å². The van der Waals surface area contributed by atoms with Gasteiger partial charge in [-0.2, -0.15) is 0 Å². The molecule has 42 heavy (non-hydrogen) atoms. The topological polar surface area (TPSA) is 118 Å². The molecule has 0 aliphatic carbocycles. The number of imide groups is 1. The molecular formula is C32H27N3O6S. The van der Waals surface area contributed by atoms with Crippen LogP contribution < -0.4 is 20.3 Å². The molecule has 1 aromatic heterocycles. The number of furan rings is 1. The lowest BCUT2D eigenvalue weighted by Gasteiger charge is -2.15. The normalized spacial score (nSPS) is 15.0. The van der Waals surface area contributed by atoms with Crippen LogP contribution in [0.1, 0.15) is 29.5 Å². The number of rotatable bonds is 10. The zero-order valence-corrected chi connectivity index (χ0v) is 23.4. The zero-order chi connectivity index (χ0) is 29.5. The fraction of sp³-hybridized carbons (Fsp3) is 0.125. The first-order valence-electron chi connectivity index (χ1n) is 13.2. The molecule has 3 aromatic carbocycles. The standard InChI is InChI=1S/C32H27N3O6S/c1-2-40-24-14-12-23(13-15-24)35-29(36)20-28(32(35)39)42-26-16-10-22(11-17-26)33-31(38)27(19-25-9-6-18-41-25)34-30(37)21-7-4-3-5-8-21/h3-19,28H,2,20H2,1H3,(H,33,38)(H,34,37)/b27-19-. The number of nitrogens with one attached hydrogen (secondary N) is 2. The van der Waals surface area contributed by atoms with E-state index in [-0.39, 0.29) is 23.9 Å². The van der Waals surface area contributed by atoms with Crippen molar-refractivity contribution in [1.82, 2.24) is 5.32 Å². The van der Waals surface area contributed by atoms with Gasteiger partial charge in [0, 0.05) is 28.6 Å². The van der Waals surface area contributed by atoms with Crippen LogP contribution in [0, 0.1) is 0 Å². The molecule has 2 heterocycles. The summed E-state index contributed by atoms with van der Waals surface area (Å²) in [6.45, 7) is 2.41. The summed E-state index contributed by atoms with van der Waals surface area (Å²) in [6.07, 6.45) is 2.99. The molecule has 0 radical (unpaired) electrons. The van der Waals surface area contributed by atoms with Gasteiger partial charge in [0.1, 0.15) is 17.2 Å². The Balaban J connectivity index is 1.23. The molecule has 0 bridgehead atoms. The van der Waals surface area contributed by atoms with Gasteiger partial charge in [-0.1, -0.05) is 18.2 Å². The molecule has 0 spiro atoms. The lowest BCUT2D eigenvalue weighted by Crippen LogP contribution is -2.31. The maximum absolute atomic E-state index is 13.1. The average Bonchev–Trinajstić information content (AvgIpc) is 3.61. The van der Waals surface area contributed by atoms with Gasteiger partial charge in [-0.25, -0.2) is 4.90 Å². The van der Waals surface area contributed by atoms with E-state index in [9.17, 15) is 19.2 Å². The minimum atomic E-state index is -0.569. The number of carbonyl (C=O) groups excluding carboxylic acids is 4. The second-order valence-corrected chi connectivity index (χ2v) is 10.5. The highest BCUT2D eigenvalue weighted by atomic mass is 32.2. The van der Waals surface area contributed by atoms with Gasteiger partial charge in [0.15, 0.2) is 0 Å². The zero-order valence-electron chi connectivity index (χ0n) is 22.6. The van der Waals surface area contributed by atoms with Crippen LogP contribution in [0.4, 0.5) is 11.4 Å². The quantitative estimate of drug-likeness (QED) is 0.187. The van der Waals surface area contributed by atoms with E-state index in [1.807, 2.05) is 6.92 Å². The van der Waals surface area contributed by atoms with Crippen LogP contribution in [0.5, 0.6) is 5.75 Å². The predicted molar refractivity (Wildman–Crippen MR) is 160 cm³/mol. The van der Waals surface area contributed by atoms with Crippen molar-refractivity contribution in [1.29, 1.82) is 0 Å². The van der Waals surface area contributed by atoms with Crippen LogP contribution in [-0.2, 0) is 14.4 Å². The van der Waals surface area contributed by atoms with Crippen molar-refractivity contribution in [2.45, 2.75) is 23.5 Å². The summed E-state index contributed by atoms with van der Waals surface area (Å²) in [5, 5.41) is 4.86. The summed E-state index contributed by atoms with van der Waals surface area (Å²) in [5.41, 5.74) is 1.39. The van der Waals surface area contributed by atoms with Gasteiger partial charge >= 0.3 is 0 Å². The third-order valence-corrected chi connectivity index (χ3v) is 7.46. The number of nitrogens with zero attached hydrogens (tertiary/aromatic N) is 1. The van der Waals surface area contributed by atoms with Crippen LogP contribution in [-0.4, -0.2) is 35.5 Å². The van der Waals surface area contributed by atoms with E-state index in [0.717, 1.165) is 4.90 Å². The molecule has 1 unspecified atom stereocenters. The second-order valence-electron chi connectivity index (χ2n) is 9.18. The van der Waals surface area contributed by atoms with E-state index in [0.29, 0.717) is 35.1 Å². The van der Waals surface area contributed by atoms with E-state index in [1.54, 1.807) is 91.0 Å². The minimum absolute atomic E-state index is 0.00157. The van der Waals surface area contributed by atoms with Gasteiger partial charge in [0.2, 0.25) is 11.8 Å². The molecule has 9 nitrogen and oxygen atoms in total. The number of carbonyl (C=O) groups is 4. The first kappa shape index (κ1) is 28.4. The molecule has 212 valence electrons. The Hall–Kier alpha value is -5.09. The fourth-order valence-corrected chi connectivity index (χ4v) is 5.32. The first-order chi connectivity index (χ1) is 20.4. The van der Waals surface area contributed by atoms with Gasteiger partial charge < -0.3 is 19.8 Å². The number of hydrogen-bond acceptors (Lipinski definition) is 7. The van der Waals surface area contributed by atoms with Gasteiger partial charge in [0.05, 0.1) is 23.8 Å². The Morgan fingerprint density at radius 1 is 0.976 bits per heavy atom. The van der Waals surface area contributed by atoms with Crippen LogP contribution >= 0.6 is 11.8 Å². The highest BCUT2D eigenvalue weighted by Crippen LogP contribution is 2.35. The molecular weight excluding hydrogens is 554 g/mol. The average molecular weight is 582 g/mol. The Bertz CT molecular complexity index is 1600. The van der Waals surface area contributed by atoms with E-state index < -0.39 is 17.1 Å². The van der Waals surface area contributed by atoms with Crippen LogP contribution in [0.3, 0.4) is 0 Å². The molecule has 1 saturated heterocycles. The molecule has 4 aromatic rings. The van der Waals surface area contributed by atoms with E-state index in [2.05, 4.69) is 10.6 Å². The number of anilines is 2. The van der Waals surface area contributed by atoms with Crippen molar-refractivity contribution < 1.29 is 28.3 Å². The molecule has 0 saturated carbocycles. The van der Waals surface area contributed by atoms with Gasteiger partial charge in [-0.3, -0.25) is 19.2 Å². The Kier molecular flexibility index (Phi) is 8.84. The Morgan fingerprint density at radius 2 is 1.71 bits per heavy atom. The van der Waals surface area contributed by atoms with Crippen molar-refractivity contribution in [3.05, 3.63) is 114 Å². The molecule has 1 fully saturated rings. The molecule has 10 heteroatoms. The van der Waals surface area contributed by atoms with Gasteiger partial charge in [-0.05, 0) is 79.7 Å². The molecule has 4 amide bonds. The summed E-state index contributed by atoms with van der Waals surface area (Å²) in [4.78, 5) is 53.6. The van der Waals surface area contributed by atoms with Crippen molar-refractivity contribution in [2.75, 3.05) is 16.8 Å². The predicted octanol–water partition coefficient (Wildman–Crippen LogP) is 5.51. The van der Waals surface area contributed by atoms with Crippen LogP contribution in [0.25, 0.3) is 6.08 Å². The Labute approximate surface area is 246 Å². The third-order valence-electron chi connectivity index (χ3n) is 6.26.